The SMILES string of the molecule is O=S(=O)(O)c1cccc(-c2cnn(O)c2)c1Cl. The van der Waals surface area contributed by atoms with Crippen molar-refractivity contribution in [1.82, 2.24) is 9.94 Å². The van der Waals surface area contributed by atoms with Gasteiger partial charge in [-0.05, 0) is 6.07 Å². The summed E-state index contributed by atoms with van der Waals surface area (Å²) in [5, 5.41) is 12.4. The predicted octanol–water partition coefficient (Wildman–Crippen LogP) is 1.69. The summed E-state index contributed by atoms with van der Waals surface area (Å²) in [6.45, 7) is 0. The van der Waals surface area contributed by atoms with Crippen molar-refractivity contribution in [2.45, 2.75) is 4.90 Å². The fourth-order valence-corrected chi connectivity index (χ4v) is 2.50. The largest absolute Gasteiger partial charge is 0.412 e. The van der Waals surface area contributed by atoms with Crippen molar-refractivity contribution in [3.63, 3.8) is 0 Å². The van der Waals surface area contributed by atoms with Gasteiger partial charge in [0, 0.05) is 11.1 Å². The second-order valence-electron chi connectivity index (χ2n) is 3.24. The smallest absolute Gasteiger partial charge is 0.296 e. The molecule has 0 fully saturated rings. The Morgan fingerprint density at radius 1 is 1.35 bits per heavy atom. The van der Waals surface area contributed by atoms with Crippen molar-refractivity contribution in [2.75, 3.05) is 0 Å². The standard InChI is InChI=1S/C9H7ClN2O4S/c10-9-7(6-4-11-12(13)5-6)2-1-3-8(9)17(14,15)16/h1-5,13H,(H,14,15,16). The Morgan fingerprint density at radius 2 is 2.06 bits per heavy atom. The molecule has 0 spiro atoms. The summed E-state index contributed by atoms with van der Waals surface area (Å²) in [5.74, 6) is 0. The van der Waals surface area contributed by atoms with Crippen molar-refractivity contribution in [3.8, 4) is 11.1 Å². The van der Waals surface area contributed by atoms with Crippen LogP contribution in [0.1, 0.15) is 0 Å². The number of aromatic nitrogens is 2. The van der Waals surface area contributed by atoms with Crippen LogP contribution in [0.4, 0.5) is 0 Å². The third-order valence-electron chi connectivity index (χ3n) is 2.12. The van der Waals surface area contributed by atoms with Crippen molar-refractivity contribution in [3.05, 3.63) is 35.6 Å². The molecule has 0 aliphatic heterocycles. The molecule has 0 amide bonds. The fraction of sp³-hybridized carbons (Fsp3) is 0. The summed E-state index contributed by atoms with van der Waals surface area (Å²) in [5.41, 5.74) is 0.782. The van der Waals surface area contributed by atoms with Crippen LogP contribution in [-0.2, 0) is 10.1 Å². The number of hydrogen-bond donors (Lipinski definition) is 2. The Morgan fingerprint density at radius 3 is 2.59 bits per heavy atom. The van der Waals surface area contributed by atoms with E-state index in [9.17, 15) is 8.42 Å². The van der Waals surface area contributed by atoms with Gasteiger partial charge in [-0.1, -0.05) is 23.7 Å². The Balaban J connectivity index is 2.65. The average Bonchev–Trinajstić information content (AvgIpc) is 2.63. The molecule has 1 aromatic carbocycles. The minimum atomic E-state index is -4.38. The Kier molecular flexibility index (Phi) is 2.82. The maximum absolute atomic E-state index is 11.0. The third-order valence-corrected chi connectivity index (χ3v) is 3.54. The highest BCUT2D eigenvalue weighted by Crippen LogP contribution is 2.32. The van der Waals surface area contributed by atoms with Gasteiger partial charge in [-0.25, -0.2) is 0 Å². The highest BCUT2D eigenvalue weighted by Gasteiger charge is 2.18. The van der Waals surface area contributed by atoms with E-state index in [1.807, 2.05) is 0 Å². The number of hydrogen-bond acceptors (Lipinski definition) is 4. The summed E-state index contributed by atoms with van der Waals surface area (Å²) < 4.78 is 31.1. The molecular formula is C9H7ClN2O4S. The quantitative estimate of drug-likeness (QED) is 0.642. The first kappa shape index (κ1) is 11.9. The molecule has 0 saturated heterocycles. The first-order chi connectivity index (χ1) is 7.89. The molecule has 6 nitrogen and oxygen atoms in total. The van der Waals surface area contributed by atoms with Gasteiger partial charge < -0.3 is 5.21 Å². The Labute approximate surface area is 102 Å². The summed E-state index contributed by atoms with van der Waals surface area (Å²) in [4.78, 5) is 0.188. The lowest BCUT2D eigenvalue weighted by atomic mass is 10.1. The van der Waals surface area contributed by atoms with Gasteiger partial charge in [0.15, 0.2) is 0 Å². The molecule has 17 heavy (non-hydrogen) atoms. The molecule has 0 bridgehead atoms. The lowest BCUT2D eigenvalue weighted by molar-refractivity contribution is 0.149. The summed E-state index contributed by atoms with van der Waals surface area (Å²) in [7, 11) is -4.38. The summed E-state index contributed by atoms with van der Waals surface area (Å²) in [6.07, 6.45) is 2.57. The average molecular weight is 275 g/mol. The minimum Gasteiger partial charge on any atom is -0.412 e. The van der Waals surface area contributed by atoms with Crippen LogP contribution in [0.3, 0.4) is 0 Å². The van der Waals surface area contributed by atoms with Crippen LogP contribution in [-0.4, -0.2) is 28.1 Å². The maximum Gasteiger partial charge on any atom is 0.296 e. The van der Waals surface area contributed by atoms with Gasteiger partial charge >= 0.3 is 0 Å². The fourth-order valence-electron chi connectivity index (χ4n) is 1.38. The van der Waals surface area contributed by atoms with Crippen molar-refractivity contribution < 1.29 is 18.2 Å². The number of halogens is 1. The first-order valence-corrected chi connectivity index (χ1v) is 6.21. The van der Waals surface area contributed by atoms with E-state index in [0.717, 1.165) is 0 Å². The highest BCUT2D eigenvalue weighted by atomic mass is 35.5. The van der Waals surface area contributed by atoms with E-state index in [4.69, 9.17) is 21.4 Å². The third kappa shape index (κ3) is 2.26. The topological polar surface area (TPSA) is 92.4 Å². The zero-order valence-corrected chi connectivity index (χ0v) is 9.85. The van der Waals surface area contributed by atoms with E-state index in [-0.39, 0.29) is 9.92 Å². The van der Waals surface area contributed by atoms with Gasteiger partial charge in [-0.15, -0.1) is 9.94 Å². The van der Waals surface area contributed by atoms with Crippen LogP contribution in [0.5, 0.6) is 0 Å². The Hall–Kier alpha value is -1.57. The van der Waals surface area contributed by atoms with Crippen LogP contribution in [0.25, 0.3) is 11.1 Å². The number of benzene rings is 1. The predicted molar refractivity (Wildman–Crippen MR) is 59.7 cm³/mol. The Bertz CT molecular complexity index is 665. The van der Waals surface area contributed by atoms with Crippen molar-refractivity contribution in [2.24, 2.45) is 0 Å². The van der Waals surface area contributed by atoms with E-state index < -0.39 is 10.1 Å². The van der Waals surface area contributed by atoms with E-state index in [1.165, 1.54) is 24.5 Å². The molecule has 0 saturated carbocycles. The monoisotopic (exact) mass is 274 g/mol. The normalized spacial score (nSPS) is 11.6. The molecular weight excluding hydrogens is 268 g/mol. The van der Waals surface area contributed by atoms with Gasteiger partial charge in [-0.3, -0.25) is 4.55 Å². The van der Waals surface area contributed by atoms with Gasteiger partial charge in [-0.2, -0.15) is 8.42 Å². The van der Waals surface area contributed by atoms with E-state index >= 15 is 0 Å². The molecule has 0 unspecified atom stereocenters. The van der Waals surface area contributed by atoms with E-state index in [1.54, 1.807) is 6.07 Å². The molecule has 2 N–H and O–H groups in total. The minimum absolute atomic E-state index is 0.122. The summed E-state index contributed by atoms with van der Waals surface area (Å²) in [6, 6.07) is 4.16. The van der Waals surface area contributed by atoms with Crippen LogP contribution >= 0.6 is 11.6 Å². The van der Waals surface area contributed by atoms with Crippen LogP contribution in [0, 0.1) is 0 Å². The van der Waals surface area contributed by atoms with Crippen molar-refractivity contribution >= 4 is 21.7 Å². The number of nitrogens with zero attached hydrogens (tertiary/aromatic N) is 2. The molecule has 0 atom stereocenters. The molecule has 8 heteroatoms. The second kappa shape index (κ2) is 4.02. The van der Waals surface area contributed by atoms with E-state index in [2.05, 4.69) is 5.10 Å². The van der Waals surface area contributed by atoms with Crippen molar-refractivity contribution in [1.29, 1.82) is 0 Å². The molecule has 0 aliphatic rings. The van der Waals surface area contributed by atoms with Crippen LogP contribution in [0.15, 0.2) is 35.5 Å². The zero-order valence-electron chi connectivity index (χ0n) is 8.28. The van der Waals surface area contributed by atoms with Gasteiger partial charge in [0.2, 0.25) is 0 Å². The van der Waals surface area contributed by atoms with Gasteiger partial charge in [0.05, 0.1) is 17.4 Å². The molecule has 1 heterocycles. The molecule has 2 rings (SSSR count). The molecule has 0 aliphatic carbocycles. The second-order valence-corrected chi connectivity index (χ2v) is 5.01. The summed E-state index contributed by atoms with van der Waals surface area (Å²) >= 11 is 5.88. The van der Waals surface area contributed by atoms with Gasteiger partial charge in [0.1, 0.15) is 4.90 Å². The van der Waals surface area contributed by atoms with E-state index in [0.29, 0.717) is 16.0 Å². The van der Waals surface area contributed by atoms with Crippen LogP contribution < -0.4 is 0 Å². The molecule has 1 aromatic heterocycles. The lowest BCUT2D eigenvalue weighted by Crippen LogP contribution is -1.99. The first-order valence-electron chi connectivity index (χ1n) is 4.40. The highest BCUT2D eigenvalue weighted by molar-refractivity contribution is 7.86. The zero-order chi connectivity index (χ0) is 12.6. The maximum atomic E-state index is 11.0. The van der Waals surface area contributed by atoms with Gasteiger partial charge in [0.25, 0.3) is 10.1 Å². The number of rotatable bonds is 2. The molecule has 2 aromatic rings. The molecule has 90 valence electrons. The van der Waals surface area contributed by atoms with Crippen LogP contribution in [0.2, 0.25) is 5.02 Å². The lowest BCUT2D eigenvalue weighted by Gasteiger charge is -2.05. The molecule has 0 radical (unpaired) electrons.